The molecule has 3 unspecified atom stereocenters. The van der Waals surface area contributed by atoms with Crippen LogP contribution in [0.15, 0.2) is 0 Å². The second kappa shape index (κ2) is 9.36. The molecule has 2 fully saturated rings. The Hall–Kier alpha value is -0.160. The van der Waals surface area contributed by atoms with Gasteiger partial charge in [-0.1, -0.05) is 48.5 Å². The average molecular weight is 371 g/mol. The summed E-state index contributed by atoms with van der Waals surface area (Å²) in [5.74, 6) is 2.20. The molecule has 0 aromatic carbocycles. The number of ether oxygens (including phenoxy) is 4. The van der Waals surface area contributed by atoms with E-state index >= 15 is 0 Å². The van der Waals surface area contributed by atoms with Gasteiger partial charge in [0.25, 0.3) is 0 Å². The summed E-state index contributed by atoms with van der Waals surface area (Å²) >= 11 is 0. The lowest BCUT2D eigenvalue weighted by molar-refractivity contribution is -0.327. The van der Waals surface area contributed by atoms with E-state index < -0.39 is 0 Å². The molecule has 0 aliphatic carbocycles. The van der Waals surface area contributed by atoms with E-state index in [4.69, 9.17) is 18.9 Å². The molecule has 26 heavy (non-hydrogen) atoms. The molecule has 2 heterocycles. The number of rotatable bonds is 6. The normalized spacial score (nSPS) is 47.3. The van der Waals surface area contributed by atoms with E-state index in [9.17, 15) is 0 Å². The second-order valence-electron chi connectivity index (χ2n) is 8.98. The Kier molecular flexibility index (Phi) is 7.97. The molecule has 0 N–H and O–H groups in total. The lowest BCUT2D eigenvalue weighted by Gasteiger charge is -2.49. The molecule has 154 valence electrons. The van der Waals surface area contributed by atoms with Gasteiger partial charge in [0.05, 0.1) is 24.4 Å². The van der Waals surface area contributed by atoms with Gasteiger partial charge >= 0.3 is 0 Å². The third kappa shape index (κ3) is 4.63. The van der Waals surface area contributed by atoms with Crippen LogP contribution in [0.2, 0.25) is 0 Å². The zero-order valence-electron chi connectivity index (χ0n) is 18.4. The molecule has 4 nitrogen and oxygen atoms in total. The summed E-state index contributed by atoms with van der Waals surface area (Å²) in [6, 6.07) is 0. The van der Waals surface area contributed by atoms with E-state index in [1.807, 2.05) is 0 Å². The Morgan fingerprint density at radius 3 is 1.77 bits per heavy atom. The minimum Gasteiger partial charge on any atom is -0.350 e. The van der Waals surface area contributed by atoms with Gasteiger partial charge in [0.15, 0.2) is 12.6 Å². The van der Waals surface area contributed by atoms with Crippen LogP contribution in [-0.4, -0.2) is 37.0 Å². The average Bonchev–Trinajstić information content (AvgIpc) is 2.60. The molecule has 2 aliphatic rings. The molecule has 10 atom stereocenters. The van der Waals surface area contributed by atoms with Gasteiger partial charge in [-0.3, -0.25) is 0 Å². The van der Waals surface area contributed by atoms with Gasteiger partial charge < -0.3 is 18.9 Å². The minimum atomic E-state index is -0.151. The van der Waals surface area contributed by atoms with Gasteiger partial charge in [-0.25, -0.2) is 0 Å². The van der Waals surface area contributed by atoms with E-state index in [1.165, 1.54) is 0 Å². The van der Waals surface area contributed by atoms with Crippen molar-refractivity contribution >= 4 is 0 Å². The SMILES string of the molecule is CC[C@H]1OC(O[C@H]2[C@@H](C)[C@H](C)C(OC(C)C)O[C@@H]2CC)[C@H](C)[C@@H](C)C1C. The van der Waals surface area contributed by atoms with E-state index in [0.29, 0.717) is 29.6 Å². The Morgan fingerprint density at radius 2 is 1.23 bits per heavy atom. The summed E-state index contributed by atoms with van der Waals surface area (Å²) in [6.45, 7) is 19.9. The van der Waals surface area contributed by atoms with Crippen molar-refractivity contribution in [1.29, 1.82) is 0 Å². The Bertz CT molecular complexity index is 422. The van der Waals surface area contributed by atoms with Gasteiger partial charge in [-0.15, -0.1) is 0 Å². The fourth-order valence-electron chi connectivity index (χ4n) is 4.49. The molecular weight excluding hydrogens is 328 g/mol. The van der Waals surface area contributed by atoms with Crippen LogP contribution >= 0.6 is 0 Å². The van der Waals surface area contributed by atoms with Crippen molar-refractivity contribution in [2.75, 3.05) is 0 Å². The molecule has 4 heteroatoms. The fraction of sp³-hybridized carbons (Fsp3) is 1.00. The predicted octanol–water partition coefficient (Wildman–Crippen LogP) is 5.25. The number of hydrogen-bond donors (Lipinski definition) is 0. The Morgan fingerprint density at radius 1 is 0.692 bits per heavy atom. The molecule has 2 rings (SSSR count). The number of hydrogen-bond acceptors (Lipinski definition) is 4. The molecule has 0 amide bonds. The zero-order valence-corrected chi connectivity index (χ0v) is 18.4. The van der Waals surface area contributed by atoms with Crippen LogP contribution in [0.3, 0.4) is 0 Å². The molecule has 0 spiro atoms. The molecule has 0 bridgehead atoms. The van der Waals surface area contributed by atoms with Crippen LogP contribution in [-0.2, 0) is 18.9 Å². The monoisotopic (exact) mass is 370 g/mol. The first kappa shape index (κ1) is 22.1. The molecule has 0 radical (unpaired) electrons. The maximum Gasteiger partial charge on any atom is 0.161 e. The minimum absolute atomic E-state index is 0.0487. The van der Waals surface area contributed by atoms with E-state index in [-0.39, 0.29) is 37.0 Å². The van der Waals surface area contributed by atoms with Gasteiger partial charge in [0, 0.05) is 11.8 Å². The first-order valence-electron chi connectivity index (χ1n) is 10.8. The van der Waals surface area contributed by atoms with Gasteiger partial charge in [-0.05, 0) is 44.4 Å². The van der Waals surface area contributed by atoms with E-state index in [2.05, 4.69) is 62.3 Å². The van der Waals surface area contributed by atoms with Gasteiger partial charge in [0.1, 0.15) is 0 Å². The summed E-state index contributed by atoms with van der Waals surface area (Å²) < 4.78 is 25.4. The second-order valence-corrected chi connectivity index (χ2v) is 8.98. The summed E-state index contributed by atoms with van der Waals surface area (Å²) in [5.41, 5.74) is 0. The highest BCUT2D eigenvalue weighted by molar-refractivity contribution is 4.88. The highest BCUT2D eigenvalue weighted by Crippen LogP contribution is 2.41. The molecule has 0 aromatic heterocycles. The summed E-state index contributed by atoms with van der Waals surface area (Å²) in [5, 5.41) is 0. The van der Waals surface area contributed by atoms with Crippen molar-refractivity contribution < 1.29 is 18.9 Å². The smallest absolute Gasteiger partial charge is 0.161 e. The van der Waals surface area contributed by atoms with E-state index in [0.717, 1.165) is 12.8 Å². The molecule has 0 saturated carbocycles. The highest BCUT2D eigenvalue weighted by Gasteiger charge is 2.46. The van der Waals surface area contributed by atoms with Gasteiger partial charge in [-0.2, -0.15) is 0 Å². The molecule has 2 aliphatic heterocycles. The van der Waals surface area contributed by atoms with Crippen LogP contribution < -0.4 is 0 Å². The first-order chi connectivity index (χ1) is 12.2. The third-order valence-corrected chi connectivity index (χ3v) is 6.94. The third-order valence-electron chi connectivity index (χ3n) is 6.94. The van der Waals surface area contributed by atoms with Crippen molar-refractivity contribution in [2.45, 2.75) is 112 Å². The van der Waals surface area contributed by atoms with Crippen LogP contribution in [0.25, 0.3) is 0 Å². The topological polar surface area (TPSA) is 36.9 Å². The summed E-state index contributed by atoms with van der Waals surface area (Å²) in [4.78, 5) is 0. The maximum atomic E-state index is 6.63. The maximum absolute atomic E-state index is 6.63. The van der Waals surface area contributed by atoms with Crippen molar-refractivity contribution in [3.8, 4) is 0 Å². The van der Waals surface area contributed by atoms with Gasteiger partial charge in [0.2, 0.25) is 0 Å². The van der Waals surface area contributed by atoms with Crippen LogP contribution in [0, 0.1) is 29.6 Å². The van der Waals surface area contributed by atoms with Crippen molar-refractivity contribution in [1.82, 2.24) is 0 Å². The van der Waals surface area contributed by atoms with Crippen LogP contribution in [0.5, 0.6) is 0 Å². The first-order valence-corrected chi connectivity index (χ1v) is 10.8. The Balaban J connectivity index is 2.11. The largest absolute Gasteiger partial charge is 0.350 e. The summed E-state index contributed by atoms with van der Waals surface area (Å²) in [7, 11) is 0. The van der Waals surface area contributed by atoms with Crippen LogP contribution in [0.1, 0.15) is 75.2 Å². The fourth-order valence-corrected chi connectivity index (χ4v) is 4.49. The lowest BCUT2D eigenvalue weighted by Crippen LogP contribution is -2.55. The van der Waals surface area contributed by atoms with Crippen LogP contribution in [0.4, 0.5) is 0 Å². The van der Waals surface area contributed by atoms with E-state index in [1.54, 1.807) is 0 Å². The van der Waals surface area contributed by atoms with Crippen molar-refractivity contribution in [3.05, 3.63) is 0 Å². The highest BCUT2D eigenvalue weighted by atomic mass is 16.7. The quantitative estimate of drug-likeness (QED) is 0.640. The Labute approximate surface area is 161 Å². The molecule has 2 saturated heterocycles. The zero-order chi connectivity index (χ0) is 19.6. The molecular formula is C22H42O4. The van der Waals surface area contributed by atoms with Crippen molar-refractivity contribution in [3.63, 3.8) is 0 Å². The summed E-state index contributed by atoms with van der Waals surface area (Å²) in [6.07, 6.45) is 2.20. The lowest BCUT2D eigenvalue weighted by atomic mass is 9.78. The molecule has 0 aromatic rings. The standard InChI is InChI=1S/C22H42O4/c1-10-18-14(6)13(5)16(8)22(24-18)26-20-15(7)17(9)21(23-12(3)4)25-19(20)11-2/h12-22H,10-11H2,1-9H3/t13-,14?,15-,16+,17-,18+,19+,20-,21?,22?/m0/s1. The van der Waals surface area contributed by atoms with Crippen molar-refractivity contribution in [2.24, 2.45) is 29.6 Å². The predicted molar refractivity (Wildman–Crippen MR) is 105 cm³/mol.